The number of carbonyl (C=O) groups is 1. The van der Waals surface area contributed by atoms with Crippen molar-refractivity contribution in [2.45, 2.75) is 6.54 Å². The number of nitrogens with one attached hydrogen (secondary N) is 2. The van der Waals surface area contributed by atoms with E-state index in [0.29, 0.717) is 19.0 Å². The van der Waals surface area contributed by atoms with E-state index in [1.54, 1.807) is 17.6 Å². The zero-order valence-electron chi connectivity index (χ0n) is 16.4. The standard InChI is InChI=1S/C21H24N4O3S/c1-24(13-17-15-28-21(23-17)19-3-2-12-29-19)14-20(26)22-16-4-6-18(7-5-16)25-8-10-27-11-9-25/h2-7,12,15H,8-11,13-14H2,1H3,(H,22,26)/p+1. The molecule has 1 fully saturated rings. The topological polar surface area (TPSA) is 72.0 Å². The Bertz CT molecular complexity index is 918. The van der Waals surface area contributed by atoms with E-state index >= 15 is 0 Å². The summed E-state index contributed by atoms with van der Waals surface area (Å²) in [6.07, 6.45) is 1.67. The first-order valence-electron chi connectivity index (χ1n) is 9.69. The molecule has 1 unspecified atom stereocenters. The fourth-order valence-corrected chi connectivity index (χ4v) is 3.99. The van der Waals surface area contributed by atoms with Crippen LogP contribution in [-0.4, -0.2) is 50.8 Å². The second-order valence-electron chi connectivity index (χ2n) is 7.13. The lowest BCUT2D eigenvalue weighted by molar-refractivity contribution is -0.885. The van der Waals surface area contributed by atoms with Gasteiger partial charge in [0.25, 0.3) is 5.91 Å². The van der Waals surface area contributed by atoms with Crippen LogP contribution in [0.1, 0.15) is 5.69 Å². The number of nitrogens with zero attached hydrogens (tertiary/aromatic N) is 2. The maximum absolute atomic E-state index is 12.4. The third-order valence-corrected chi connectivity index (χ3v) is 5.61. The SMILES string of the molecule is C[NH+](CC(=O)Nc1ccc(N2CCOCC2)cc1)Cc1coc(-c2cccs2)n1. The number of anilines is 2. The molecule has 1 saturated heterocycles. The molecular formula is C21H25N4O3S+. The molecule has 1 aliphatic heterocycles. The molecule has 0 bridgehead atoms. The van der Waals surface area contributed by atoms with E-state index in [2.05, 4.69) is 15.2 Å². The molecule has 1 aliphatic rings. The summed E-state index contributed by atoms with van der Waals surface area (Å²) in [6, 6.07) is 11.9. The predicted molar refractivity (Wildman–Crippen MR) is 113 cm³/mol. The van der Waals surface area contributed by atoms with Crippen molar-refractivity contribution in [3.05, 3.63) is 53.7 Å². The van der Waals surface area contributed by atoms with Gasteiger partial charge in [-0.1, -0.05) is 6.07 Å². The third-order valence-electron chi connectivity index (χ3n) is 4.76. The minimum Gasteiger partial charge on any atom is -0.443 e. The molecule has 2 N–H and O–H groups in total. The zero-order valence-corrected chi connectivity index (χ0v) is 17.2. The first kappa shape index (κ1) is 19.6. The van der Waals surface area contributed by atoms with E-state index in [-0.39, 0.29) is 5.91 Å². The molecule has 0 radical (unpaired) electrons. The van der Waals surface area contributed by atoms with Gasteiger partial charge < -0.3 is 24.3 Å². The summed E-state index contributed by atoms with van der Waals surface area (Å²) in [5, 5.41) is 4.97. The van der Waals surface area contributed by atoms with Gasteiger partial charge in [0, 0.05) is 24.5 Å². The largest absolute Gasteiger partial charge is 0.443 e. The van der Waals surface area contributed by atoms with Crippen LogP contribution in [0.2, 0.25) is 0 Å². The Morgan fingerprint density at radius 2 is 2.03 bits per heavy atom. The van der Waals surface area contributed by atoms with Crippen LogP contribution < -0.4 is 15.1 Å². The van der Waals surface area contributed by atoms with E-state index in [1.165, 1.54) is 0 Å². The van der Waals surface area contributed by atoms with Crippen LogP contribution in [0.25, 0.3) is 10.8 Å². The number of ether oxygens (including phenoxy) is 1. The van der Waals surface area contributed by atoms with Crippen molar-refractivity contribution in [2.75, 3.05) is 50.1 Å². The lowest BCUT2D eigenvalue weighted by atomic mass is 10.2. The van der Waals surface area contributed by atoms with Gasteiger partial charge in [0.1, 0.15) is 18.5 Å². The predicted octanol–water partition coefficient (Wildman–Crippen LogP) is 1.89. The molecule has 1 atom stereocenters. The lowest BCUT2D eigenvalue weighted by Crippen LogP contribution is -3.08. The Labute approximate surface area is 173 Å². The maximum atomic E-state index is 12.4. The number of hydrogen-bond donors (Lipinski definition) is 2. The smallest absolute Gasteiger partial charge is 0.279 e. The number of carbonyl (C=O) groups excluding carboxylic acids is 1. The van der Waals surface area contributed by atoms with Crippen molar-refractivity contribution in [2.24, 2.45) is 0 Å². The molecule has 0 aliphatic carbocycles. The van der Waals surface area contributed by atoms with Gasteiger partial charge >= 0.3 is 0 Å². The average molecular weight is 414 g/mol. The van der Waals surface area contributed by atoms with Gasteiger partial charge in [0.2, 0.25) is 5.89 Å². The van der Waals surface area contributed by atoms with Gasteiger partial charge in [-0.25, -0.2) is 4.98 Å². The van der Waals surface area contributed by atoms with Crippen molar-refractivity contribution in [1.82, 2.24) is 4.98 Å². The fourth-order valence-electron chi connectivity index (χ4n) is 3.33. The fraction of sp³-hybridized carbons (Fsp3) is 0.333. The van der Waals surface area contributed by atoms with Gasteiger partial charge in [0.15, 0.2) is 6.54 Å². The van der Waals surface area contributed by atoms with Crippen molar-refractivity contribution in [3.63, 3.8) is 0 Å². The number of benzene rings is 1. The molecule has 0 spiro atoms. The van der Waals surface area contributed by atoms with Gasteiger partial charge in [-0.15, -0.1) is 11.3 Å². The minimum absolute atomic E-state index is 0.0244. The van der Waals surface area contributed by atoms with E-state index in [1.807, 2.05) is 48.8 Å². The molecule has 2 aromatic heterocycles. The summed E-state index contributed by atoms with van der Waals surface area (Å²) in [6.45, 7) is 4.29. The summed E-state index contributed by atoms with van der Waals surface area (Å²) in [7, 11) is 1.97. The molecule has 1 aromatic carbocycles. The molecular weight excluding hydrogens is 388 g/mol. The van der Waals surface area contributed by atoms with E-state index in [9.17, 15) is 4.79 Å². The maximum Gasteiger partial charge on any atom is 0.279 e. The van der Waals surface area contributed by atoms with E-state index < -0.39 is 0 Å². The number of morpholine rings is 1. The molecule has 0 saturated carbocycles. The molecule has 3 heterocycles. The number of quaternary nitrogens is 1. The van der Waals surface area contributed by atoms with Crippen molar-refractivity contribution in [1.29, 1.82) is 0 Å². The number of rotatable bonds is 7. The summed E-state index contributed by atoms with van der Waals surface area (Å²) in [5.74, 6) is 0.608. The minimum atomic E-state index is -0.0244. The number of amides is 1. The van der Waals surface area contributed by atoms with Crippen LogP contribution in [0.4, 0.5) is 11.4 Å². The Kier molecular flexibility index (Phi) is 6.24. The van der Waals surface area contributed by atoms with Gasteiger partial charge in [-0.2, -0.15) is 0 Å². The number of oxazole rings is 1. The van der Waals surface area contributed by atoms with Gasteiger partial charge in [-0.05, 0) is 35.7 Å². The third kappa shape index (κ3) is 5.23. The quantitative estimate of drug-likeness (QED) is 0.619. The highest BCUT2D eigenvalue weighted by Gasteiger charge is 2.15. The van der Waals surface area contributed by atoms with Crippen LogP contribution >= 0.6 is 11.3 Å². The Balaban J connectivity index is 1.26. The summed E-state index contributed by atoms with van der Waals surface area (Å²) in [4.78, 5) is 21.2. The van der Waals surface area contributed by atoms with Crippen LogP contribution in [-0.2, 0) is 16.1 Å². The Morgan fingerprint density at radius 1 is 1.24 bits per heavy atom. The highest BCUT2D eigenvalue weighted by Crippen LogP contribution is 2.23. The molecule has 29 heavy (non-hydrogen) atoms. The molecule has 8 heteroatoms. The van der Waals surface area contributed by atoms with Gasteiger partial charge in [0.05, 0.1) is 25.1 Å². The van der Waals surface area contributed by atoms with Crippen molar-refractivity contribution >= 4 is 28.6 Å². The second kappa shape index (κ2) is 9.21. The zero-order chi connectivity index (χ0) is 20.1. The highest BCUT2D eigenvalue weighted by molar-refractivity contribution is 7.13. The molecule has 152 valence electrons. The Morgan fingerprint density at radius 3 is 2.76 bits per heavy atom. The van der Waals surface area contributed by atoms with E-state index in [0.717, 1.165) is 53.1 Å². The summed E-state index contributed by atoms with van der Waals surface area (Å²) in [5.41, 5.74) is 2.80. The summed E-state index contributed by atoms with van der Waals surface area (Å²) < 4.78 is 10.9. The molecule has 7 nitrogen and oxygen atoms in total. The number of likely N-dealkylation sites (N-methyl/N-ethyl adjacent to an activating group) is 1. The molecule has 3 aromatic rings. The van der Waals surface area contributed by atoms with Crippen LogP contribution in [0.3, 0.4) is 0 Å². The summed E-state index contributed by atoms with van der Waals surface area (Å²) >= 11 is 1.59. The first-order chi connectivity index (χ1) is 14.2. The number of aromatic nitrogens is 1. The second-order valence-corrected chi connectivity index (χ2v) is 8.07. The van der Waals surface area contributed by atoms with Crippen LogP contribution in [0.15, 0.2) is 52.5 Å². The van der Waals surface area contributed by atoms with Crippen LogP contribution in [0.5, 0.6) is 0 Å². The molecule has 1 amide bonds. The highest BCUT2D eigenvalue weighted by atomic mass is 32.1. The average Bonchev–Trinajstić information content (AvgIpc) is 3.41. The number of thiophene rings is 1. The molecule has 4 rings (SSSR count). The van der Waals surface area contributed by atoms with Crippen molar-refractivity contribution in [3.8, 4) is 10.8 Å². The first-order valence-corrected chi connectivity index (χ1v) is 10.6. The van der Waals surface area contributed by atoms with Crippen molar-refractivity contribution < 1.29 is 18.8 Å². The Hall–Kier alpha value is -2.68. The lowest BCUT2D eigenvalue weighted by Gasteiger charge is -2.28. The monoisotopic (exact) mass is 413 g/mol. The number of hydrogen-bond acceptors (Lipinski definition) is 6. The normalized spacial score (nSPS) is 15.3. The van der Waals surface area contributed by atoms with Gasteiger partial charge in [-0.3, -0.25) is 4.79 Å². The van der Waals surface area contributed by atoms with E-state index in [4.69, 9.17) is 9.15 Å². The van der Waals surface area contributed by atoms with Crippen LogP contribution in [0, 0.1) is 0 Å².